The fourth-order valence-corrected chi connectivity index (χ4v) is 3.41. The molecule has 0 unspecified atom stereocenters. The summed E-state index contributed by atoms with van der Waals surface area (Å²) in [5.74, 6) is -0.184. The van der Waals surface area contributed by atoms with Gasteiger partial charge in [-0.3, -0.25) is 0 Å². The molecule has 0 aliphatic heterocycles. The van der Waals surface area contributed by atoms with Crippen LogP contribution in [0.25, 0.3) is 0 Å². The number of hydrogen-bond donors (Lipinski definition) is 1. The van der Waals surface area contributed by atoms with Gasteiger partial charge in [0.15, 0.2) is 0 Å². The molecule has 1 fully saturated rings. The highest BCUT2D eigenvalue weighted by Gasteiger charge is 2.20. The zero-order valence-electron chi connectivity index (χ0n) is 11.9. The van der Waals surface area contributed by atoms with Crippen LogP contribution in [0.5, 0.6) is 0 Å². The van der Waals surface area contributed by atoms with Crippen LogP contribution in [-0.2, 0) is 13.1 Å². The SMILES string of the molecule is CN(Cc1ccc(Cl)s1)c1cc(F)cc(CNC2CC2)c1. The lowest BCUT2D eigenvalue weighted by Crippen LogP contribution is -2.18. The maximum atomic E-state index is 13.8. The van der Waals surface area contributed by atoms with Crippen LogP contribution in [0.15, 0.2) is 30.3 Å². The Labute approximate surface area is 133 Å². The van der Waals surface area contributed by atoms with Gasteiger partial charge in [-0.2, -0.15) is 0 Å². The first-order valence-electron chi connectivity index (χ1n) is 7.08. The minimum absolute atomic E-state index is 0.184. The topological polar surface area (TPSA) is 15.3 Å². The summed E-state index contributed by atoms with van der Waals surface area (Å²) in [4.78, 5) is 3.22. The molecular formula is C16H18ClFN2S. The fraction of sp³-hybridized carbons (Fsp3) is 0.375. The molecule has 2 aromatic rings. The smallest absolute Gasteiger partial charge is 0.125 e. The van der Waals surface area contributed by atoms with E-state index in [0.717, 1.165) is 28.7 Å². The first-order valence-corrected chi connectivity index (χ1v) is 8.28. The van der Waals surface area contributed by atoms with Gasteiger partial charge in [0.25, 0.3) is 0 Å². The minimum atomic E-state index is -0.184. The number of rotatable bonds is 6. The van der Waals surface area contributed by atoms with Crippen molar-refractivity contribution in [3.63, 3.8) is 0 Å². The minimum Gasteiger partial charge on any atom is -0.369 e. The summed E-state index contributed by atoms with van der Waals surface area (Å²) in [5, 5.41) is 3.42. The maximum absolute atomic E-state index is 13.8. The van der Waals surface area contributed by atoms with Crippen molar-refractivity contribution in [3.05, 3.63) is 50.9 Å². The van der Waals surface area contributed by atoms with E-state index in [0.29, 0.717) is 6.04 Å². The van der Waals surface area contributed by atoms with Crippen LogP contribution >= 0.6 is 22.9 Å². The zero-order valence-corrected chi connectivity index (χ0v) is 13.5. The first kappa shape index (κ1) is 14.8. The lowest BCUT2D eigenvalue weighted by Gasteiger charge is -2.19. The van der Waals surface area contributed by atoms with E-state index in [1.54, 1.807) is 23.5 Å². The molecule has 3 rings (SSSR count). The maximum Gasteiger partial charge on any atom is 0.125 e. The normalized spacial score (nSPS) is 14.4. The molecule has 0 saturated heterocycles. The van der Waals surface area contributed by atoms with Crippen molar-refractivity contribution < 1.29 is 4.39 Å². The lowest BCUT2D eigenvalue weighted by molar-refractivity contribution is 0.619. The van der Waals surface area contributed by atoms with E-state index < -0.39 is 0 Å². The van der Waals surface area contributed by atoms with Gasteiger partial charge in [0.1, 0.15) is 5.82 Å². The van der Waals surface area contributed by atoms with Gasteiger partial charge in [-0.25, -0.2) is 4.39 Å². The summed E-state index contributed by atoms with van der Waals surface area (Å²) < 4.78 is 14.6. The van der Waals surface area contributed by atoms with Gasteiger partial charge in [-0.05, 0) is 48.7 Å². The number of halogens is 2. The van der Waals surface area contributed by atoms with Crippen molar-refractivity contribution in [3.8, 4) is 0 Å². The van der Waals surface area contributed by atoms with Crippen molar-refractivity contribution in [2.75, 3.05) is 11.9 Å². The van der Waals surface area contributed by atoms with Gasteiger partial charge >= 0.3 is 0 Å². The predicted molar refractivity (Wildman–Crippen MR) is 87.7 cm³/mol. The molecule has 21 heavy (non-hydrogen) atoms. The van der Waals surface area contributed by atoms with Crippen LogP contribution in [0.4, 0.5) is 10.1 Å². The predicted octanol–water partition coefficient (Wildman–Crippen LogP) is 4.43. The summed E-state index contributed by atoms with van der Waals surface area (Å²) in [6.07, 6.45) is 2.47. The molecule has 1 aromatic carbocycles. The second-order valence-electron chi connectivity index (χ2n) is 5.53. The second kappa shape index (κ2) is 6.34. The Bertz CT molecular complexity index is 624. The van der Waals surface area contributed by atoms with E-state index in [2.05, 4.69) is 5.32 Å². The van der Waals surface area contributed by atoms with Crippen molar-refractivity contribution in [2.45, 2.75) is 32.0 Å². The quantitative estimate of drug-likeness (QED) is 0.845. The standard InChI is InChI=1S/C16H18ClFN2S/c1-20(10-15-4-5-16(17)21-15)14-7-11(6-12(18)8-14)9-19-13-2-3-13/h4-8,13,19H,2-3,9-10H2,1H3. The average Bonchev–Trinajstić information content (AvgIpc) is 3.19. The Morgan fingerprint density at radius 3 is 2.81 bits per heavy atom. The van der Waals surface area contributed by atoms with Crippen LogP contribution in [0.3, 0.4) is 0 Å². The summed E-state index contributed by atoms with van der Waals surface area (Å²) in [6.45, 7) is 1.46. The number of hydrogen-bond acceptors (Lipinski definition) is 3. The Morgan fingerprint density at radius 2 is 2.14 bits per heavy atom. The summed E-state index contributed by atoms with van der Waals surface area (Å²) in [5.41, 5.74) is 1.89. The third kappa shape index (κ3) is 4.19. The van der Waals surface area contributed by atoms with Crippen molar-refractivity contribution in [2.24, 2.45) is 0 Å². The molecule has 0 spiro atoms. The van der Waals surface area contributed by atoms with Gasteiger partial charge < -0.3 is 10.2 Å². The summed E-state index contributed by atoms with van der Waals surface area (Å²) in [6, 6.07) is 9.77. The Balaban J connectivity index is 1.70. The number of benzene rings is 1. The molecule has 0 amide bonds. The molecule has 1 saturated carbocycles. The highest BCUT2D eigenvalue weighted by molar-refractivity contribution is 7.16. The highest BCUT2D eigenvalue weighted by atomic mass is 35.5. The molecule has 0 bridgehead atoms. The van der Waals surface area contributed by atoms with Crippen LogP contribution in [-0.4, -0.2) is 13.1 Å². The second-order valence-corrected chi connectivity index (χ2v) is 7.33. The van der Waals surface area contributed by atoms with Crippen LogP contribution < -0.4 is 10.2 Å². The monoisotopic (exact) mass is 324 g/mol. The third-order valence-electron chi connectivity index (χ3n) is 3.58. The number of anilines is 1. The first-order chi connectivity index (χ1) is 10.1. The molecular weight excluding hydrogens is 307 g/mol. The van der Waals surface area contributed by atoms with E-state index in [1.165, 1.54) is 17.7 Å². The van der Waals surface area contributed by atoms with Gasteiger partial charge in [0.2, 0.25) is 0 Å². The van der Waals surface area contributed by atoms with Gasteiger partial charge in [0.05, 0.1) is 10.9 Å². The third-order valence-corrected chi connectivity index (χ3v) is 4.79. The van der Waals surface area contributed by atoms with Gasteiger partial charge in [-0.15, -0.1) is 11.3 Å². The average molecular weight is 325 g/mol. The summed E-state index contributed by atoms with van der Waals surface area (Å²) >= 11 is 7.51. The molecule has 5 heteroatoms. The van der Waals surface area contributed by atoms with E-state index in [9.17, 15) is 4.39 Å². The van der Waals surface area contributed by atoms with Crippen molar-refractivity contribution in [1.82, 2.24) is 5.32 Å². The summed E-state index contributed by atoms with van der Waals surface area (Å²) in [7, 11) is 1.97. The lowest BCUT2D eigenvalue weighted by atomic mass is 10.1. The Kier molecular flexibility index (Phi) is 4.48. The largest absolute Gasteiger partial charge is 0.369 e. The van der Waals surface area contributed by atoms with Crippen molar-refractivity contribution >= 4 is 28.6 Å². The molecule has 1 aromatic heterocycles. The molecule has 0 radical (unpaired) electrons. The van der Waals surface area contributed by atoms with E-state index in [-0.39, 0.29) is 5.82 Å². The van der Waals surface area contributed by atoms with E-state index >= 15 is 0 Å². The van der Waals surface area contributed by atoms with Gasteiger partial charge in [-0.1, -0.05) is 11.6 Å². The molecule has 1 heterocycles. The molecule has 2 nitrogen and oxygen atoms in total. The zero-order chi connectivity index (χ0) is 14.8. The van der Waals surface area contributed by atoms with E-state index in [1.807, 2.05) is 30.1 Å². The van der Waals surface area contributed by atoms with Crippen molar-refractivity contribution in [1.29, 1.82) is 0 Å². The Morgan fingerprint density at radius 1 is 1.33 bits per heavy atom. The molecule has 1 aliphatic rings. The van der Waals surface area contributed by atoms with Crippen LogP contribution in [0.1, 0.15) is 23.3 Å². The van der Waals surface area contributed by atoms with Gasteiger partial charge in [0, 0.05) is 30.2 Å². The molecule has 1 aliphatic carbocycles. The number of thiophene rings is 1. The van der Waals surface area contributed by atoms with E-state index in [4.69, 9.17) is 11.6 Å². The number of nitrogens with one attached hydrogen (secondary N) is 1. The molecule has 0 atom stereocenters. The molecule has 1 N–H and O–H groups in total. The van der Waals surface area contributed by atoms with Crippen LogP contribution in [0.2, 0.25) is 4.34 Å². The highest BCUT2D eigenvalue weighted by Crippen LogP contribution is 2.26. The van der Waals surface area contributed by atoms with Crippen LogP contribution in [0, 0.1) is 5.82 Å². The number of nitrogens with zero attached hydrogens (tertiary/aromatic N) is 1. The fourth-order valence-electron chi connectivity index (χ4n) is 2.27. The Hall–Kier alpha value is -1.10. The molecule has 112 valence electrons.